The van der Waals surface area contributed by atoms with Crippen molar-refractivity contribution in [1.82, 2.24) is 10.2 Å². The Morgan fingerprint density at radius 2 is 2.09 bits per heavy atom. The minimum Gasteiger partial charge on any atom is -0.447 e. The number of thiophene rings is 1. The summed E-state index contributed by atoms with van der Waals surface area (Å²) < 4.78 is 5.20. The molecular weight excluding hydrogens is 300 g/mol. The van der Waals surface area contributed by atoms with E-state index in [1.165, 1.54) is 11.3 Å². The molecule has 2 heterocycles. The van der Waals surface area contributed by atoms with Crippen molar-refractivity contribution in [3.05, 3.63) is 21.9 Å². The van der Waals surface area contributed by atoms with Crippen LogP contribution in [0.3, 0.4) is 0 Å². The molecule has 22 heavy (non-hydrogen) atoms. The van der Waals surface area contributed by atoms with Crippen LogP contribution >= 0.6 is 11.3 Å². The zero-order chi connectivity index (χ0) is 16.1. The Morgan fingerprint density at radius 3 is 2.68 bits per heavy atom. The Morgan fingerprint density at radius 1 is 1.41 bits per heavy atom. The van der Waals surface area contributed by atoms with Gasteiger partial charge in [-0.3, -0.25) is 4.79 Å². The summed E-state index contributed by atoms with van der Waals surface area (Å²) in [5.74, 6) is 0.00931. The maximum atomic E-state index is 12.3. The summed E-state index contributed by atoms with van der Waals surface area (Å²) in [4.78, 5) is 26.7. The lowest BCUT2D eigenvalue weighted by atomic mass is 10.1. The Bertz CT molecular complexity index is 519. The van der Waals surface area contributed by atoms with E-state index in [0.717, 1.165) is 29.7 Å². The van der Waals surface area contributed by atoms with Crippen LogP contribution in [0.1, 0.15) is 48.8 Å². The van der Waals surface area contributed by atoms with Crippen LogP contribution in [0.25, 0.3) is 0 Å². The first kappa shape index (κ1) is 16.8. The molecular formula is C16H24N2O3S. The van der Waals surface area contributed by atoms with Gasteiger partial charge in [-0.15, -0.1) is 11.3 Å². The van der Waals surface area contributed by atoms with Gasteiger partial charge in [0.15, 0.2) is 0 Å². The Kier molecular flexibility index (Phi) is 5.83. The van der Waals surface area contributed by atoms with Gasteiger partial charge in [-0.1, -0.05) is 6.92 Å². The molecule has 0 aromatic carbocycles. The molecule has 0 atom stereocenters. The van der Waals surface area contributed by atoms with Gasteiger partial charge in [-0.25, -0.2) is 4.79 Å². The molecule has 1 saturated heterocycles. The van der Waals surface area contributed by atoms with Gasteiger partial charge in [0, 0.05) is 19.1 Å². The van der Waals surface area contributed by atoms with Crippen LogP contribution in [0, 0.1) is 0 Å². The highest BCUT2D eigenvalue weighted by molar-refractivity contribution is 7.12. The lowest BCUT2D eigenvalue weighted by molar-refractivity contribution is 0.0668. The average Bonchev–Trinajstić information content (AvgIpc) is 2.95. The van der Waals surface area contributed by atoms with E-state index in [-0.39, 0.29) is 24.1 Å². The maximum absolute atomic E-state index is 12.3. The molecule has 1 fully saturated rings. The van der Waals surface area contributed by atoms with E-state index < -0.39 is 0 Å². The fourth-order valence-corrected chi connectivity index (χ4v) is 3.44. The number of hydrogen-bond donors (Lipinski definition) is 1. The van der Waals surface area contributed by atoms with E-state index in [1.807, 2.05) is 25.3 Å². The molecule has 5 nitrogen and oxygen atoms in total. The standard InChI is InChI=1S/C16H24N2O3S/c1-4-12-7-10-22-14(12)15(19)17-13-5-8-18(9-6-13)16(20)21-11(2)3/h7,10-11,13H,4-6,8-9H2,1-3H3,(H,17,19). The number of aryl methyl sites for hydroxylation is 1. The van der Waals surface area contributed by atoms with Crippen molar-refractivity contribution < 1.29 is 14.3 Å². The van der Waals surface area contributed by atoms with Gasteiger partial charge in [0.2, 0.25) is 0 Å². The van der Waals surface area contributed by atoms with Crippen molar-refractivity contribution in [1.29, 1.82) is 0 Å². The first-order valence-electron chi connectivity index (χ1n) is 7.84. The molecule has 1 aliphatic rings. The third-order valence-electron chi connectivity index (χ3n) is 3.76. The summed E-state index contributed by atoms with van der Waals surface area (Å²) in [6.45, 7) is 7.00. The van der Waals surface area contributed by atoms with Crippen LogP contribution in [0.2, 0.25) is 0 Å². The van der Waals surface area contributed by atoms with Crippen LogP contribution < -0.4 is 5.32 Å². The summed E-state index contributed by atoms with van der Waals surface area (Å²) in [6.07, 6.45) is 2.05. The van der Waals surface area contributed by atoms with E-state index in [9.17, 15) is 9.59 Å². The number of amides is 2. The van der Waals surface area contributed by atoms with E-state index in [2.05, 4.69) is 12.2 Å². The fourth-order valence-electron chi connectivity index (χ4n) is 2.55. The minimum absolute atomic E-state index is 0.00931. The first-order chi connectivity index (χ1) is 10.5. The average molecular weight is 324 g/mol. The molecule has 122 valence electrons. The predicted molar refractivity (Wildman–Crippen MR) is 87.4 cm³/mol. The van der Waals surface area contributed by atoms with E-state index in [1.54, 1.807) is 4.90 Å². The zero-order valence-electron chi connectivity index (χ0n) is 13.4. The molecule has 0 aliphatic carbocycles. The molecule has 6 heteroatoms. The van der Waals surface area contributed by atoms with Gasteiger partial charge in [-0.05, 0) is 50.1 Å². The molecule has 1 aromatic rings. The summed E-state index contributed by atoms with van der Waals surface area (Å²) in [5.41, 5.74) is 1.10. The second-order valence-electron chi connectivity index (χ2n) is 5.80. The summed E-state index contributed by atoms with van der Waals surface area (Å²) in [5, 5.41) is 5.05. The molecule has 2 rings (SSSR count). The number of rotatable bonds is 4. The normalized spacial score (nSPS) is 15.9. The molecule has 0 bridgehead atoms. The monoisotopic (exact) mass is 324 g/mol. The van der Waals surface area contributed by atoms with Crippen LogP contribution in [-0.4, -0.2) is 42.1 Å². The Hall–Kier alpha value is -1.56. The number of carbonyl (C=O) groups excluding carboxylic acids is 2. The molecule has 0 radical (unpaired) electrons. The fraction of sp³-hybridized carbons (Fsp3) is 0.625. The van der Waals surface area contributed by atoms with Gasteiger partial charge < -0.3 is 15.0 Å². The van der Waals surface area contributed by atoms with E-state index in [4.69, 9.17) is 4.74 Å². The molecule has 1 aliphatic heterocycles. The molecule has 1 N–H and O–H groups in total. The highest BCUT2D eigenvalue weighted by Crippen LogP contribution is 2.19. The molecule has 0 unspecified atom stereocenters. The quantitative estimate of drug-likeness (QED) is 0.926. The van der Waals surface area contributed by atoms with E-state index in [0.29, 0.717) is 13.1 Å². The van der Waals surface area contributed by atoms with Crippen molar-refractivity contribution in [2.24, 2.45) is 0 Å². The van der Waals surface area contributed by atoms with Gasteiger partial charge in [-0.2, -0.15) is 0 Å². The second kappa shape index (κ2) is 7.63. The third kappa shape index (κ3) is 4.22. The number of carbonyl (C=O) groups is 2. The summed E-state index contributed by atoms with van der Waals surface area (Å²) in [6, 6.07) is 2.13. The molecule has 0 spiro atoms. The van der Waals surface area contributed by atoms with Gasteiger partial charge >= 0.3 is 6.09 Å². The van der Waals surface area contributed by atoms with Crippen LogP contribution in [0.15, 0.2) is 11.4 Å². The lowest BCUT2D eigenvalue weighted by Crippen LogP contribution is -2.47. The van der Waals surface area contributed by atoms with Gasteiger partial charge in [0.05, 0.1) is 11.0 Å². The molecule has 1 aromatic heterocycles. The van der Waals surface area contributed by atoms with Crippen molar-refractivity contribution in [2.45, 2.75) is 52.2 Å². The number of hydrogen-bond acceptors (Lipinski definition) is 4. The lowest BCUT2D eigenvalue weighted by Gasteiger charge is -2.32. The number of piperidine rings is 1. The largest absolute Gasteiger partial charge is 0.447 e. The highest BCUT2D eigenvalue weighted by atomic mass is 32.1. The Labute approximate surface area is 135 Å². The van der Waals surface area contributed by atoms with Crippen molar-refractivity contribution >= 4 is 23.3 Å². The number of likely N-dealkylation sites (tertiary alicyclic amines) is 1. The highest BCUT2D eigenvalue weighted by Gasteiger charge is 2.26. The minimum atomic E-state index is -0.258. The summed E-state index contributed by atoms with van der Waals surface area (Å²) in [7, 11) is 0. The first-order valence-corrected chi connectivity index (χ1v) is 8.72. The Balaban J connectivity index is 1.82. The van der Waals surface area contributed by atoms with Crippen molar-refractivity contribution in [2.75, 3.05) is 13.1 Å². The van der Waals surface area contributed by atoms with Crippen LogP contribution in [0.4, 0.5) is 4.79 Å². The van der Waals surface area contributed by atoms with Gasteiger partial charge in [0.25, 0.3) is 5.91 Å². The number of nitrogens with zero attached hydrogens (tertiary/aromatic N) is 1. The predicted octanol–water partition coefficient (Wildman–Crippen LogP) is 3.05. The molecule has 2 amide bonds. The van der Waals surface area contributed by atoms with Crippen LogP contribution in [0.5, 0.6) is 0 Å². The maximum Gasteiger partial charge on any atom is 0.410 e. The zero-order valence-corrected chi connectivity index (χ0v) is 14.2. The third-order valence-corrected chi connectivity index (χ3v) is 4.71. The topological polar surface area (TPSA) is 58.6 Å². The second-order valence-corrected chi connectivity index (χ2v) is 6.71. The van der Waals surface area contributed by atoms with Gasteiger partial charge in [0.1, 0.15) is 0 Å². The number of ether oxygens (including phenoxy) is 1. The van der Waals surface area contributed by atoms with E-state index >= 15 is 0 Å². The summed E-state index contributed by atoms with van der Waals surface area (Å²) >= 11 is 1.49. The number of nitrogens with one attached hydrogen (secondary N) is 1. The smallest absolute Gasteiger partial charge is 0.410 e. The van der Waals surface area contributed by atoms with Crippen LogP contribution in [-0.2, 0) is 11.2 Å². The van der Waals surface area contributed by atoms with Crippen molar-refractivity contribution in [3.63, 3.8) is 0 Å². The molecule has 0 saturated carbocycles. The van der Waals surface area contributed by atoms with Crippen molar-refractivity contribution in [3.8, 4) is 0 Å². The SMILES string of the molecule is CCc1ccsc1C(=O)NC1CCN(C(=O)OC(C)C)CC1.